The van der Waals surface area contributed by atoms with Gasteiger partial charge in [-0.05, 0) is 12.8 Å². The molecule has 3 nitrogen and oxygen atoms in total. The van der Waals surface area contributed by atoms with Gasteiger partial charge in [0.15, 0.2) is 0 Å². The molecule has 0 spiro atoms. The highest BCUT2D eigenvalue weighted by molar-refractivity contribution is 5.87. The van der Waals surface area contributed by atoms with Gasteiger partial charge in [-0.15, -0.1) is 0 Å². The van der Waals surface area contributed by atoms with Crippen molar-refractivity contribution in [2.24, 2.45) is 0 Å². The molecule has 0 radical (unpaired) electrons. The Balaban J connectivity index is 2.40. The zero-order valence-electron chi connectivity index (χ0n) is 10.3. The maximum absolute atomic E-state index is 11.6. The third-order valence-electron chi connectivity index (χ3n) is 2.66. The van der Waals surface area contributed by atoms with Crippen molar-refractivity contribution in [2.75, 3.05) is 6.61 Å². The van der Waals surface area contributed by atoms with E-state index in [4.69, 9.17) is 4.74 Å². The predicted molar refractivity (Wildman–Crippen MR) is 67.5 cm³/mol. The lowest BCUT2D eigenvalue weighted by Crippen LogP contribution is -2.28. The molecule has 0 aromatic rings. The lowest BCUT2D eigenvalue weighted by atomic mass is 9.89. The number of allylic oxidation sites excluding steroid dienone is 2. The Bertz CT molecular complexity index is 341. The molecule has 1 aliphatic rings. The van der Waals surface area contributed by atoms with Crippen molar-refractivity contribution in [2.45, 2.75) is 38.2 Å². The van der Waals surface area contributed by atoms with Crippen LogP contribution < -0.4 is 0 Å². The summed E-state index contributed by atoms with van der Waals surface area (Å²) in [4.78, 5) is 11.6. The van der Waals surface area contributed by atoms with Gasteiger partial charge >= 0.3 is 5.97 Å². The third kappa shape index (κ3) is 4.57. The minimum atomic E-state index is -0.990. The quantitative estimate of drug-likeness (QED) is 0.438. The molecule has 0 aromatic heterocycles. The normalized spacial score (nSPS) is 22.5. The SMILES string of the molecule is C=C(CC1(O)C=CC=CC1)C(=O)OCCCC. The summed E-state index contributed by atoms with van der Waals surface area (Å²) in [5.41, 5.74) is -0.668. The molecular formula is C14H20O3. The molecule has 0 heterocycles. The highest BCUT2D eigenvalue weighted by atomic mass is 16.5. The maximum atomic E-state index is 11.6. The second kappa shape index (κ2) is 6.40. The van der Waals surface area contributed by atoms with Crippen LogP contribution in [0.2, 0.25) is 0 Å². The summed E-state index contributed by atoms with van der Waals surface area (Å²) in [6.07, 6.45) is 9.77. The fourth-order valence-corrected chi connectivity index (χ4v) is 1.64. The van der Waals surface area contributed by atoms with E-state index in [0.717, 1.165) is 12.8 Å². The molecule has 0 aromatic carbocycles. The second-order valence-electron chi connectivity index (χ2n) is 4.36. The first-order valence-electron chi connectivity index (χ1n) is 5.99. The number of ether oxygens (including phenoxy) is 1. The molecule has 0 amide bonds. The fourth-order valence-electron chi connectivity index (χ4n) is 1.64. The van der Waals surface area contributed by atoms with Crippen molar-refractivity contribution in [1.29, 1.82) is 0 Å². The first-order valence-corrected chi connectivity index (χ1v) is 5.99. The molecule has 0 saturated carbocycles. The molecule has 0 fully saturated rings. The number of carbonyl (C=O) groups is 1. The van der Waals surface area contributed by atoms with E-state index in [9.17, 15) is 9.90 Å². The van der Waals surface area contributed by atoms with E-state index in [0.29, 0.717) is 18.6 Å². The van der Waals surface area contributed by atoms with Crippen molar-refractivity contribution in [3.63, 3.8) is 0 Å². The van der Waals surface area contributed by atoms with Crippen molar-refractivity contribution in [3.05, 3.63) is 36.5 Å². The average molecular weight is 236 g/mol. The smallest absolute Gasteiger partial charge is 0.333 e. The lowest BCUT2D eigenvalue weighted by Gasteiger charge is -2.25. The highest BCUT2D eigenvalue weighted by Gasteiger charge is 2.27. The van der Waals surface area contributed by atoms with Crippen LogP contribution in [0.5, 0.6) is 0 Å². The molecule has 17 heavy (non-hydrogen) atoms. The molecule has 0 bridgehead atoms. The Morgan fingerprint density at radius 1 is 1.53 bits per heavy atom. The Morgan fingerprint density at radius 3 is 2.88 bits per heavy atom. The summed E-state index contributed by atoms with van der Waals surface area (Å²) in [5, 5.41) is 10.2. The summed E-state index contributed by atoms with van der Waals surface area (Å²) >= 11 is 0. The van der Waals surface area contributed by atoms with Gasteiger partial charge in [-0.2, -0.15) is 0 Å². The lowest BCUT2D eigenvalue weighted by molar-refractivity contribution is -0.139. The van der Waals surface area contributed by atoms with Crippen molar-refractivity contribution in [1.82, 2.24) is 0 Å². The number of esters is 1. The Morgan fingerprint density at radius 2 is 2.29 bits per heavy atom. The van der Waals surface area contributed by atoms with E-state index in [-0.39, 0.29) is 6.42 Å². The van der Waals surface area contributed by atoms with Crippen LogP contribution in [0.1, 0.15) is 32.6 Å². The van der Waals surface area contributed by atoms with Gasteiger partial charge in [-0.1, -0.05) is 44.2 Å². The summed E-state index contributed by atoms with van der Waals surface area (Å²) in [7, 11) is 0. The number of hydrogen-bond acceptors (Lipinski definition) is 3. The molecule has 1 rings (SSSR count). The van der Waals surface area contributed by atoms with Crippen molar-refractivity contribution in [3.8, 4) is 0 Å². The molecule has 94 valence electrons. The van der Waals surface area contributed by atoms with Gasteiger partial charge in [0.05, 0.1) is 12.2 Å². The zero-order chi connectivity index (χ0) is 12.7. The van der Waals surface area contributed by atoms with Gasteiger partial charge in [0.1, 0.15) is 0 Å². The van der Waals surface area contributed by atoms with Crippen molar-refractivity contribution < 1.29 is 14.6 Å². The van der Waals surface area contributed by atoms with Crippen LogP contribution in [0.25, 0.3) is 0 Å². The van der Waals surface area contributed by atoms with E-state index >= 15 is 0 Å². The molecule has 1 aliphatic carbocycles. The largest absolute Gasteiger partial charge is 0.462 e. The molecule has 1 N–H and O–H groups in total. The highest BCUT2D eigenvalue weighted by Crippen LogP contribution is 2.25. The number of aliphatic hydroxyl groups is 1. The monoisotopic (exact) mass is 236 g/mol. The van der Waals surface area contributed by atoms with E-state index in [2.05, 4.69) is 6.58 Å². The van der Waals surface area contributed by atoms with Crippen molar-refractivity contribution >= 4 is 5.97 Å². The second-order valence-corrected chi connectivity index (χ2v) is 4.36. The molecule has 0 saturated heterocycles. The van der Waals surface area contributed by atoms with Crippen LogP contribution in [-0.2, 0) is 9.53 Å². The summed E-state index contributed by atoms with van der Waals surface area (Å²) in [6.45, 7) is 6.13. The average Bonchev–Trinajstić information content (AvgIpc) is 2.29. The molecular weight excluding hydrogens is 216 g/mol. The summed E-state index contributed by atoms with van der Waals surface area (Å²) in [6, 6.07) is 0. The van der Waals surface area contributed by atoms with Gasteiger partial charge in [-0.25, -0.2) is 4.79 Å². The van der Waals surface area contributed by atoms with E-state index < -0.39 is 11.6 Å². The molecule has 1 unspecified atom stereocenters. The number of rotatable bonds is 6. The standard InChI is InChI=1S/C14H20O3/c1-3-4-10-17-13(15)12(2)11-14(16)8-6-5-7-9-14/h5-8,16H,2-4,9-11H2,1H3. The van der Waals surface area contributed by atoms with E-state index in [1.54, 1.807) is 12.2 Å². The van der Waals surface area contributed by atoms with Crippen LogP contribution >= 0.6 is 0 Å². The third-order valence-corrected chi connectivity index (χ3v) is 2.66. The Labute approximate surface area is 102 Å². The maximum Gasteiger partial charge on any atom is 0.333 e. The van der Waals surface area contributed by atoms with Crippen LogP contribution in [0.15, 0.2) is 36.5 Å². The van der Waals surface area contributed by atoms with E-state index in [1.165, 1.54) is 0 Å². The van der Waals surface area contributed by atoms with E-state index in [1.807, 2.05) is 19.1 Å². The van der Waals surface area contributed by atoms with Crippen LogP contribution in [0.3, 0.4) is 0 Å². The number of hydrogen-bond donors (Lipinski definition) is 1. The summed E-state index contributed by atoms with van der Waals surface area (Å²) < 4.78 is 5.04. The molecule has 1 atom stereocenters. The topological polar surface area (TPSA) is 46.5 Å². The van der Waals surface area contributed by atoms with Crippen LogP contribution in [0.4, 0.5) is 0 Å². The number of carbonyl (C=O) groups excluding carboxylic acids is 1. The Hall–Kier alpha value is -1.35. The van der Waals surface area contributed by atoms with Gasteiger partial charge in [0, 0.05) is 12.0 Å². The van der Waals surface area contributed by atoms with Gasteiger partial charge in [-0.3, -0.25) is 0 Å². The number of unbranched alkanes of at least 4 members (excludes halogenated alkanes) is 1. The fraction of sp³-hybridized carbons (Fsp3) is 0.500. The zero-order valence-corrected chi connectivity index (χ0v) is 10.3. The van der Waals surface area contributed by atoms with Crippen LogP contribution in [0, 0.1) is 0 Å². The van der Waals surface area contributed by atoms with Crippen LogP contribution in [-0.4, -0.2) is 23.3 Å². The van der Waals surface area contributed by atoms with Gasteiger partial charge in [0.2, 0.25) is 0 Å². The predicted octanol–water partition coefficient (Wildman–Crippen LogP) is 2.52. The Kier molecular flexibility index (Phi) is 5.16. The molecule has 0 aliphatic heterocycles. The van der Waals surface area contributed by atoms with Gasteiger partial charge in [0.25, 0.3) is 0 Å². The molecule has 3 heteroatoms. The minimum absolute atomic E-state index is 0.221. The minimum Gasteiger partial charge on any atom is -0.462 e. The van der Waals surface area contributed by atoms with Gasteiger partial charge < -0.3 is 9.84 Å². The summed E-state index contributed by atoms with van der Waals surface area (Å²) in [5.74, 6) is -0.408. The first-order chi connectivity index (χ1) is 8.07. The first kappa shape index (κ1) is 13.7.